The molecule has 108 valence electrons. The number of rotatable bonds is 2. The smallest absolute Gasteiger partial charge is 0.297 e. The predicted molar refractivity (Wildman–Crippen MR) is 83.3 cm³/mol. The molecule has 1 amide bonds. The van der Waals surface area contributed by atoms with Crippen LogP contribution < -0.4 is 4.80 Å². The second-order valence-electron chi connectivity index (χ2n) is 4.81. The van der Waals surface area contributed by atoms with Crippen LogP contribution in [0.5, 0.6) is 0 Å². The van der Waals surface area contributed by atoms with E-state index in [2.05, 4.69) is 23.1 Å². The van der Waals surface area contributed by atoms with E-state index in [4.69, 9.17) is 0 Å². The van der Waals surface area contributed by atoms with Gasteiger partial charge in [0.15, 0.2) is 4.80 Å². The number of hydrogen-bond acceptors (Lipinski definition) is 3. The lowest BCUT2D eigenvalue weighted by atomic mass is 10.2. The lowest BCUT2D eigenvalue weighted by Crippen LogP contribution is -2.15. The van der Waals surface area contributed by atoms with Crippen molar-refractivity contribution in [1.82, 2.24) is 14.3 Å². The van der Waals surface area contributed by atoms with Gasteiger partial charge in [0.05, 0.1) is 10.2 Å². The first-order valence-electron chi connectivity index (χ1n) is 6.78. The number of carbonyl (C=O) groups excluding carboxylic acids is 1. The quantitative estimate of drug-likeness (QED) is 0.730. The zero-order chi connectivity index (χ0) is 15.0. The standard InChI is InChI=1S/C15H16N4OS/c1-4-19-11(8-9-16-19)14(20)17-15-18(3)13-10(2)6-5-7-12(13)21-15/h5-9H,4H2,1-3H3. The summed E-state index contributed by atoms with van der Waals surface area (Å²) < 4.78 is 4.76. The Morgan fingerprint density at radius 2 is 2.19 bits per heavy atom. The summed E-state index contributed by atoms with van der Waals surface area (Å²) in [6.07, 6.45) is 1.63. The van der Waals surface area contributed by atoms with Crippen LogP contribution in [0, 0.1) is 6.92 Å². The number of aryl methyl sites for hydroxylation is 3. The Labute approximate surface area is 126 Å². The van der Waals surface area contributed by atoms with E-state index >= 15 is 0 Å². The molecular weight excluding hydrogens is 284 g/mol. The van der Waals surface area contributed by atoms with Gasteiger partial charge in [-0.3, -0.25) is 9.48 Å². The summed E-state index contributed by atoms with van der Waals surface area (Å²) in [5.74, 6) is -0.255. The topological polar surface area (TPSA) is 52.2 Å². The number of carbonyl (C=O) groups is 1. The van der Waals surface area contributed by atoms with E-state index in [0.29, 0.717) is 17.0 Å². The summed E-state index contributed by atoms with van der Waals surface area (Å²) in [6, 6.07) is 7.83. The Morgan fingerprint density at radius 1 is 1.38 bits per heavy atom. The number of benzene rings is 1. The SMILES string of the molecule is CCn1nccc1C(=O)N=c1sc2cccc(C)c2n1C. The summed E-state index contributed by atoms with van der Waals surface area (Å²) in [4.78, 5) is 17.3. The first-order chi connectivity index (χ1) is 10.1. The molecular formula is C15H16N4OS. The highest BCUT2D eigenvalue weighted by atomic mass is 32.1. The van der Waals surface area contributed by atoms with Crippen LogP contribution in [0.15, 0.2) is 35.5 Å². The molecule has 0 fully saturated rings. The number of thiazole rings is 1. The average molecular weight is 300 g/mol. The monoisotopic (exact) mass is 300 g/mol. The van der Waals surface area contributed by atoms with Crippen molar-refractivity contribution in [2.24, 2.45) is 12.0 Å². The average Bonchev–Trinajstić information content (AvgIpc) is 3.05. The molecule has 0 aliphatic heterocycles. The molecule has 0 radical (unpaired) electrons. The van der Waals surface area contributed by atoms with Crippen molar-refractivity contribution in [3.8, 4) is 0 Å². The van der Waals surface area contributed by atoms with Gasteiger partial charge in [-0.05, 0) is 31.5 Å². The fraction of sp³-hybridized carbons (Fsp3) is 0.267. The molecule has 0 saturated heterocycles. The predicted octanol–water partition coefficient (Wildman–Crippen LogP) is 2.51. The van der Waals surface area contributed by atoms with Crippen LogP contribution in [0.2, 0.25) is 0 Å². The lowest BCUT2D eigenvalue weighted by molar-refractivity contribution is 0.0988. The number of para-hydroxylation sites is 1. The van der Waals surface area contributed by atoms with Crippen LogP contribution >= 0.6 is 11.3 Å². The van der Waals surface area contributed by atoms with Gasteiger partial charge in [0.1, 0.15) is 5.69 Å². The maximum Gasteiger partial charge on any atom is 0.297 e. The molecule has 1 aromatic carbocycles. The molecule has 0 saturated carbocycles. The first kappa shape index (κ1) is 13.8. The molecule has 21 heavy (non-hydrogen) atoms. The maximum atomic E-state index is 12.3. The van der Waals surface area contributed by atoms with Crippen LogP contribution in [-0.4, -0.2) is 20.3 Å². The first-order valence-corrected chi connectivity index (χ1v) is 7.59. The van der Waals surface area contributed by atoms with Gasteiger partial charge in [0.25, 0.3) is 5.91 Å². The molecule has 3 aromatic rings. The maximum absolute atomic E-state index is 12.3. The largest absolute Gasteiger partial charge is 0.319 e. The highest BCUT2D eigenvalue weighted by Crippen LogP contribution is 2.19. The minimum atomic E-state index is -0.255. The summed E-state index contributed by atoms with van der Waals surface area (Å²) in [5, 5.41) is 4.11. The summed E-state index contributed by atoms with van der Waals surface area (Å²) >= 11 is 1.52. The Morgan fingerprint density at radius 3 is 2.90 bits per heavy atom. The van der Waals surface area contributed by atoms with Crippen molar-refractivity contribution in [2.75, 3.05) is 0 Å². The molecule has 0 aliphatic rings. The van der Waals surface area contributed by atoms with Gasteiger partial charge in [-0.15, -0.1) is 0 Å². The van der Waals surface area contributed by atoms with Gasteiger partial charge in [0.2, 0.25) is 0 Å². The number of nitrogens with zero attached hydrogens (tertiary/aromatic N) is 4. The zero-order valence-electron chi connectivity index (χ0n) is 12.2. The van der Waals surface area contributed by atoms with E-state index in [9.17, 15) is 4.79 Å². The van der Waals surface area contributed by atoms with Crippen LogP contribution in [0.3, 0.4) is 0 Å². The van der Waals surface area contributed by atoms with E-state index in [-0.39, 0.29) is 5.91 Å². The molecule has 2 heterocycles. The van der Waals surface area contributed by atoms with E-state index in [1.165, 1.54) is 16.9 Å². The molecule has 0 atom stereocenters. The van der Waals surface area contributed by atoms with Crippen molar-refractivity contribution in [3.05, 3.63) is 46.5 Å². The minimum absolute atomic E-state index is 0.255. The lowest BCUT2D eigenvalue weighted by Gasteiger charge is -2.00. The molecule has 0 unspecified atom stereocenters. The summed E-state index contributed by atoms with van der Waals surface area (Å²) in [5.41, 5.74) is 2.82. The third-order valence-corrected chi connectivity index (χ3v) is 4.55. The fourth-order valence-corrected chi connectivity index (χ4v) is 3.51. The minimum Gasteiger partial charge on any atom is -0.319 e. The third kappa shape index (κ3) is 2.31. The Bertz CT molecular complexity index is 885. The number of hydrogen-bond donors (Lipinski definition) is 0. The van der Waals surface area contributed by atoms with Gasteiger partial charge < -0.3 is 4.57 Å². The third-order valence-electron chi connectivity index (χ3n) is 3.46. The zero-order valence-corrected chi connectivity index (χ0v) is 13.0. The van der Waals surface area contributed by atoms with E-state index in [0.717, 1.165) is 10.2 Å². The molecule has 0 N–H and O–H groups in total. The van der Waals surface area contributed by atoms with Crippen molar-refractivity contribution < 1.29 is 4.79 Å². The Balaban J connectivity index is 2.14. The second-order valence-corrected chi connectivity index (χ2v) is 5.82. The summed E-state index contributed by atoms with van der Waals surface area (Å²) in [6.45, 7) is 4.67. The molecule has 0 bridgehead atoms. The fourth-order valence-electron chi connectivity index (χ4n) is 2.41. The Hall–Kier alpha value is -2.21. The molecule has 0 aliphatic carbocycles. The number of aromatic nitrogens is 3. The van der Waals surface area contributed by atoms with Crippen LogP contribution in [0.4, 0.5) is 0 Å². The van der Waals surface area contributed by atoms with Crippen LogP contribution in [0.25, 0.3) is 10.2 Å². The van der Waals surface area contributed by atoms with Gasteiger partial charge in [-0.25, -0.2) is 0 Å². The van der Waals surface area contributed by atoms with Crippen LogP contribution in [0.1, 0.15) is 23.0 Å². The summed E-state index contributed by atoms with van der Waals surface area (Å²) in [7, 11) is 1.94. The highest BCUT2D eigenvalue weighted by Gasteiger charge is 2.11. The second kappa shape index (κ2) is 5.29. The number of fused-ring (bicyclic) bond motifs is 1. The normalized spacial score (nSPS) is 12.2. The number of amides is 1. The van der Waals surface area contributed by atoms with Gasteiger partial charge in [0, 0.05) is 19.8 Å². The van der Waals surface area contributed by atoms with Crippen LogP contribution in [-0.2, 0) is 13.6 Å². The van der Waals surface area contributed by atoms with Gasteiger partial charge in [-0.2, -0.15) is 10.1 Å². The molecule has 3 rings (SSSR count). The van der Waals surface area contributed by atoms with E-state index < -0.39 is 0 Å². The van der Waals surface area contributed by atoms with Crippen molar-refractivity contribution in [1.29, 1.82) is 0 Å². The molecule has 0 spiro atoms. The van der Waals surface area contributed by atoms with E-state index in [1.54, 1.807) is 16.9 Å². The molecule has 5 nitrogen and oxygen atoms in total. The Kier molecular flexibility index (Phi) is 3.47. The van der Waals surface area contributed by atoms with Gasteiger partial charge in [-0.1, -0.05) is 23.5 Å². The highest BCUT2D eigenvalue weighted by molar-refractivity contribution is 7.16. The van der Waals surface area contributed by atoms with Gasteiger partial charge >= 0.3 is 0 Å². The molecule has 2 aromatic heterocycles. The van der Waals surface area contributed by atoms with Crippen molar-refractivity contribution >= 4 is 27.5 Å². The molecule has 6 heteroatoms. The van der Waals surface area contributed by atoms with Crippen molar-refractivity contribution in [2.45, 2.75) is 20.4 Å². The van der Waals surface area contributed by atoms with Crippen molar-refractivity contribution in [3.63, 3.8) is 0 Å². The van der Waals surface area contributed by atoms with E-state index in [1.807, 2.05) is 30.7 Å².